The fraction of sp³-hybridized carbons (Fsp3) is 0. The third-order valence-electron chi connectivity index (χ3n) is 11.2. The number of rotatable bonds is 4. The molecule has 0 fully saturated rings. The summed E-state index contributed by atoms with van der Waals surface area (Å²) in [5.74, 6) is 0.272. The standard InChI is InChI=1S/C51H30N6O/c1-8-23-41-33(16-1)34-17-2-9-24-42(34)56(41)50-52-49(53-51(54-50)57-43-25-10-3-18-35(43)36-19-4-11-26-44(36)57)31-14-13-15-32(30-31)55-40-22-7-5-20-37(40)38-28-29-46-47(48(38)55)39-21-6-12-27-45(39)58-46/h1-30H/i1D,3D,8D,10D,16D,18D,23D,25D. The average Bonchev–Trinajstić information content (AvgIpc) is 4.10. The van der Waals surface area contributed by atoms with Gasteiger partial charge in [0.05, 0.1) is 49.5 Å². The van der Waals surface area contributed by atoms with E-state index in [4.69, 9.17) is 27.6 Å². The Kier molecular flexibility index (Phi) is 4.95. The van der Waals surface area contributed by atoms with Gasteiger partial charge in [0.2, 0.25) is 11.9 Å². The second-order valence-electron chi connectivity index (χ2n) is 14.2. The third kappa shape index (κ3) is 4.30. The van der Waals surface area contributed by atoms with E-state index in [2.05, 4.69) is 28.8 Å². The lowest BCUT2D eigenvalue weighted by atomic mass is 10.1. The van der Waals surface area contributed by atoms with Crippen LogP contribution in [0.15, 0.2) is 186 Å². The molecule has 0 bridgehead atoms. The van der Waals surface area contributed by atoms with Crippen molar-refractivity contribution >= 4 is 87.4 Å². The summed E-state index contributed by atoms with van der Waals surface area (Å²) < 4.78 is 83.0. The molecule has 0 saturated heterocycles. The molecule has 8 aromatic carbocycles. The number of fused-ring (bicyclic) bond motifs is 13. The normalized spacial score (nSPS) is 14.1. The maximum atomic E-state index is 9.22. The predicted molar refractivity (Wildman–Crippen MR) is 236 cm³/mol. The van der Waals surface area contributed by atoms with E-state index in [-0.39, 0.29) is 65.0 Å². The van der Waals surface area contributed by atoms with Gasteiger partial charge in [0.25, 0.3) is 0 Å². The van der Waals surface area contributed by atoms with Crippen LogP contribution in [0.25, 0.3) is 116 Å². The molecule has 0 saturated carbocycles. The zero-order valence-corrected chi connectivity index (χ0v) is 30.3. The van der Waals surface area contributed by atoms with E-state index in [0.717, 1.165) is 49.4 Å². The summed E-state index contributed by atoms with van der Waals surface area (Å²) in [6.45, 7) is 0. The van der Waals surface area contributed by atoms with Crippen LogP contribution in [0.1, 0.15) is 11.0 Å². The number of nitrogens with zero attached hydrogens (tertiary/aromatic N) is 6. The van der Waals surface area contributed by atoms with Crippen molar-refractivity contribution in [2.24, 2.45) is 0 Å². The van der Waals surface area contributed by atoms with Crippen LogP contribution in [0.3, 0.4) is 0 Å². The first-order valence-corrected chi connectivity index (χ1v) is 18.8. The summed E-state index contributed by atoms with van der Waals surface area (Å²) in [6.07, 6.45) is 0. The Labute approximate surface area is 341 Å². The van der Waals surface area contributed by atoms with Gasteiger partial charge in [0, 0.05) is 49.0 Å². The molecular formula is C51H30N6O. The molecule has 0 aliphatic carbocycles. The molecule has 0 N–H and O–H groups in total. The molecule has 0 aliphatic heterocycles. The van der Waals surface area contributed by atoms with E-state index in [0.29, 0.717) is 38.1 Å². The molecule has 7 nitrogen and oxygen atoms in total. The largest absolute Gasteiger partial charge is 0.456 e. The minimum Gasteiger partial charge on any atom is -0.456 e. The van der Waals surface area contributed by atoms with Crippen LogP contribution >= 0.6 is 0 Å². The Bertz CT molecular complexity index is 4150. The van der Waals surface area contributed by atoms with E-state index in [9.17, 15) is 2.74 Å². The van der Waals surface area contributed by atoms with Gasteiger partial charge in [-0.15, -0.1) is 0 Å². The van der Waals surface area contributed by atoms with Gasteiger partial charge in [0.15, 0.2) is 5.82 Å². The van der Waals surface area contributed by atoms with Gasteiger partial charge in [-0.2, -0.15) is 15.0 Å². The monoisotopic (exact) mass is 750 g/mol. The fourth-order valence-corrected chi connectivity index (χ4v) is 8.75. The lowest BCUT2D eigenvalue weighted by Crippen LogP contribution is -2.10. The molecular weight excluding hydrogens is 713 g/mol. The quantitative estimate of drug-likeness (QED) is 0.180. The summed E-state index contributed by atoms with van der Waals surface area (Å²) in [5, 5.41) is 5.81. The maximum absolute atomic E-state index is 9.22. The summed E-state index contributed by atoms with van der Waals surface area (Å²) in [5.41, 5.74) is 6.25. The van der Waals surface area contributed by atoms with Crippen molar-refractivity contribution in [2.75, 3.05) is 0 Å². The molecule has 0 unspecified atom stereocenters. The van der Waals surface area contributed by atoms with E-state index in [1.165, 1.54) is 0 Å². The topological polar surface area (TPSA) is 66.6 Å². The van der Waals surface area contributed by atoms with Gasteiger partial charge < -0.3 is 8.98 Å². The molecule has 0 spiro atoms. The van der Waals surface area contributed by atoms with E-state index < -0.39 is 12.1 Å². The van der Waals surface area contributed by atoms with Gasteiger partial charge in [-0.25, -0.2) is 0 Å². The molecule has 5 aromatic heterocycles. The first kappa shape index (κ1) is 24.5. The lowest BCUT2D eigenvalue weighted by molar-refractivity contribution is 0.669. The number of hydrogen-bond donors (Lipinski definition) is 0. The Morgan fingerprint density at radius 2 is 0.966 bits per heavy atom. The van der Waals surface area contributed by atoms with E-state index >= 15 is 0 Å². The van der Waals surface area contributed by atoms with Crippen LogP contribution in [-0.4, -0.2) is 28.7 Å². The number of benzene rings is 8. The number of hydrogen-bond acceptors (Lipinski definition) is 4. The average molecular weight is 751 g/mol. The molecule has 5 heterocycles. The Hall–Kier alpha value is -8.03. The van der Waals surface area contributed by atoms with Gasteiger partial charge in [0.1, 0.15) is 11.2 Å². The molecule has 0 radical (unpaired) electrons. The molecule has 0 amide bonds. The van der Waals surface area contributed by atoms with E-state index in [1.807, 2.05) is 97.1 Å². The minimum atomic E-state index is -0.414. The second-order valence-corrected chi connectivity index (χ2v) is 14.2. The van der Waals surface area contributed by atoms with Crippen molar-refractivity contribution in [3.63, 3.8) is 0 Å². The molecule has 270 valence electrons. The van der Waals surface area contributed by atoms with Crippen LogP contribution in [0.5, 0.6) is 0 Å². The van der Waals surface area contributed by atoms with Crippen LogP contribution in [0.4, 0.5) is 0 Å². The van der Waals surface area contributed by atoms with Crippen LogP contribution in [0.2, 0.25) is 0 Å². The van der Waals surface area contributed by atoms with Crippen LogP contribution in [0, 0.1) is 0 Å². The molecule has 7 heteroatoms. The maximum Gasteiger partial charge on any atom is 0.240 e. The summed E-state index contributed by atoms with van der Waals surface area (Å²) in [6, 6.07) is 40.1. The number of aromatic nitrogens is 6. The highest BCUT2D eigenvalue weighted by molar-refractivity contribution is 6.24. The molecule has 0 atom stereocenters. The summed E-state index contributed by atoms with van der Waals surface area (Å²) in [7, 11) is 0. The van der Waals surface area contributed by atoms with Crippen molar-refractivity contribution < 1.29 is 15.4 Å². The van der Waals surface area contributed by atoms with Crippen molar-refractivity contribution in [2.45, 2.75) is 0 Å². The summed E-state index contributed by atoms with van der Waals surface area (Å²) >= 11 is 0. The minimum absolute atomic E-state index is 0.0341. The lowest BCUT2D eigenvalue weighted by Gasteiger charge is -2.14. The zero-order valence-electron chi connectivity index (χ0n) is 38.3. The third-order valence-corrected chi connectivity index (χ3v) is 11.2. The number of furan rings is 1. The number of para-hydroxylation sites is 6. The SMILES string of the molecule is [2H]c1c([2H])c([2H])c2c(c1[2H])c1ccccc1n2-c1nc(-c2cccc(-n3c4ccccc4c4ccc5oc6ccccc6c5c43)c2)nc(-n2c3ccccc3c3c([2H])c([2H])c([2H])c([2H])c32)n1. The van der Waals surface area contributed by atoms with Crippen LogP contribution < -0.4 is 0 Å². The van der Waals surface area contributed by atoms with Crippen molar-refractivity contribution in [1.82, 2.24) is 28.7 Å². The first-order valence-electron chi connectivity index (χ1n) is 22.8. The predicted octanol–water partition coefficient (Wildman–Crippen LogP) is 12.7. The Morgan fingerprint density at radius 1 is 0.414 bits per heavy atom. The van der Waals surface area contributed by atoms with Crippen LogP contribution in [-0.2, 0) is 0 Å². The molecule has 13 aromatic rings. The summed E-state index contributed by atoms with van der Waals surface area (Å²) in [4.78, 5) is 15.4. The highest BCUT2D eigenvalue weighted by atomic mass is 16.3. The van der Waals surface area contributed by atoms with Crippen molar-refractivity contribution in [3.05, 3.63) is 182 Å². The molecule has 13 rings (SSSR count). The Balaban J connectivity index is 1.15. The van der Waals surface area contributed by atoms with Crippen molar-refractivity contribution in [1.29, 1.82) is 0 Å². The second kappa shape index (κ2) is 11.7. The smallest absolute Gasteiger partial charge is 0.240 e. The highest BCUT2D eigenvalue weighted by Gasteiger charge is 2.22. The van der Waals surface area contributed by atoms with Gasteiger partial charge in [-0.3, -0.25) is 9.13 Å². The zero-order chi connectivity index (χ0) is 44.9. The van der Waals surface area contributed by atoms with Gasteiger partial charge in [-0.05, 0) is 60.6 Å². The highest BCUT2D eigenvalue weighted by Crippen LogP contribution is 2.41. The van der Waals surface area contributed by atoms with Gasteiger partial charge >= 0.3 is 0 Å². The first-order chi connectivity index (χ1) is 32.1. The molecule has 58 heavy (non-hydrogen) atoms. The van der Waals surface area contributed by atoms with Crippen molar-refractivity contribution in [3.8, 4) is 29.0 Å². The van der Waals surface area contributed by atoms with Gasteiger partial charge in [-0.1, -0.05) is 121 Å². The fourth-order valence-electron chi connectivity index (χ4n) is 8.75. The molecule has 0 aliphatic rings. The van der Waals surface area contributed by atoms with E-state index in [1.54, 1.807) is 21.3 Å². The Morgan fingerprint density at radius 3 is 1.62 bits per heavy atom.